The van der Waals surface area contributed by atoms with Crippen molar-refractivity contribution in [1.82, 2.24) is 4.90 Å². The summed E-state index contributed by atoms with van der Waals surface area (Å²) in [5.41, 5.74) is 0. The Labute approximate surface area is 139 Å². The van der Waals surface area contributed by atoms with E-state index in [2.05, 4.69) is 41.9 Å². The van der Waals surface area contributed by atoms with Crippen LogP contribution >= 0.6 is 0 Å². The summed E-state index contributed by atoms with van der Waals surface area (Å²) in [6, 6.07) is 0. The topological polar surface area (TPSA) is 6.25 Å². The predicted molar refractivity (Wildman–Crippen MR) is 98.7 cm³/mol. The first-order valence-electron chi connectivity index (χ1n) is 9.88. The van der Waals surface area contributed by atoms with Gasteiger partial charge in [0.15, 0.2) is 12.4 Å². The van der Waals surface area contributed by atoms with Crippen molar-refractivity contribution < 1.29 is 4.58 Å². The maximum atomic E-state index is 2.46. The summed E-state index contributed by atoms with van der Waals surface area (Å²) < 4.78 is 2.39. The van der Waals surface area contributed by atoms with Crippen LogP contribution < -0.4 is 0 Å². The highest BCUT2D eigenvalue weighted by atomic mass is 15.2. The van der Waals surface area contributed by atoms with Gasteiger partial charge in [-0.05, 0) is 12.8 Å². The monoisotopic (exact) mass is 307 g/mol. The van der Waals surface area contributed by atoms with Crippen molar-refractivity contribution in [1.29, 1.82) is 0 Å². The summed E-state index contributed by atoms with van der Waals surface area (Å²) in [5, 5.41) is 0. The molecule has 0 saturated carbocycles. The average Bonchev–Trinajstić information content (AvgIpc) is 2.55. The molecule has 0 fully saturated rings. The molecule has 0 spiro atoms. The molecule has 0 atom stereocenters. The lowest BCUT2D eigenvalue weighted by Gasteiger charge is -2.19. The summed E-state index contributed by atoms with van der Waals surface area (Å²) in [4.78, 5) is 2.46. The molecule has 1 heterocycles. The lowest BCUT2D eigenvalue weighted by molar-refractivity contribution is -0.457. The molecule has 2 heteroatoms. The van der Waals surface area contributed by atoms with Crippen molar-refractivity contribution >= 4 is 6.21 Å². The van der Waals surface area contributed by atoms with Gasteiger partial charge in [-0.1, -0.05) is 71.6 Å². The van der Waals surface area contributed by atoms with Crippen LogP contribution in [0.15, 0.2) is 12.4 Å². The van der Waals surface area contributed by atoms with Gasteiger partial charge in [0.1, 0.15) is 6.54 Å². The highest BCUT2D eigenvalue weighted by Crippen LogP contribution is 2.08. The average molecular weight is 308 g/mol. The van der Waals surface area contributed by atoms with Crippen LogP contribution in [0.3, 0.4) is 0 Å². The smallest absolute Gasteiger partial charge is 0.184 e. The first-order chi connectivity index (χ1) is 10.9. The minimum Gasteiger partial charge on any atom is -0.363 e. The second kappa shape index (κ2) is 13.8. The zero-order valence-corrected chi connectivity index (χ0v) is 15.2. The number of hydrogen-bond acceptors (Lipinski definition) is 1. The van der Waals surface area contributed by atoms with Crippen LogP contribution in [0.25, 0.3) is 0 Å². The van der Waals surface area contributed by atoms with Crippen molar-refractivity contribution in [3.8, 4) is 0 Å². The Morgan fingerprint density at radius 1 is 0.773 bits per heavy atom. The number of nitrogens with zero attached hydrogens (tertiary/aromatic N) is 2. The van der Waals surface area contributed by atoms with E-state index in [-0.39, 0.29) is 0 Å². The fraction of sp³-hybridized carbons (Fsp3) is 0.850. The summed E-state index contributed by atoms with van der Waals surface area (Å²) in [6.07, 6.45) is 23.6. The maximum Gasteiger partial charge on any atom is 0.184 e. The van der Waals surface area contributed by atoms with E-state index in [1.165, 1.54) is 90.1 Å². The molecule has 0 aromatic carbocycles. The van der Waals surface area contributed by atoms with Crippen LogP contribution in [0.5, 0.6) is 0 Å². The fourth-order valence-electron chi connectivity index (χ4n) is 3.01. The molecule has 0 bridgehead atoms. The number of hydrogen-bond donors (Lipinski definition) is 0. The van der Waals surface area contributed by atoms with E-state index in [0.717, 1.165) is 6.54 Å². The lowest BCUT2D eigenvalue weighted by Crippen LogP contribution is -2.28. The molecule has 0 N–H and O–H groups in total. The Balaban J connectivity index is 1.97. The molecule has 0 aromatic rings. The molecule has 0 unspecified atom stereocenters. The molecule has 1 aliphatic rings. The van der Waals surface area contributed by atoms with E-state index in [1.54, 1.807) is 0 Å². The molecule has 0 radical (unpaired) electrons. The molecule has 0 aliphatic carbocycles. The highest BCUT2D eigenvalue weighted by molar-refractivity contribution is 5.55. The van der Waals surface area contributed by atoms with Crippen LogP contribution in [-0.4, -0.2) is 35.3 Å². The first-order valence-corrected chi connectivity index (χ1v) is 9.88. The van der Waals surface area contributed by atoms with Crippen molar-refractivity contribution in [2.45, 2.75) is 90.9 Å². The van der Waals surface area contributed by atoms with Crippen molar-refractivity contribution in [3.63, 3.8) is 0 Å². The molecule has 1 rings (SSSR count). The summed E-state index contributed by atoms with van der Waals surface area (Å²) in [5.74, 6) is 0. The normalized spacial score (nSPS) is 14.5. The summed E-state index contributed by atoms with van der Waals surface area (Å²) in [7, 11) is 0. The first kappa shape index (κ1) is 19.3. The second-order valence-electron chi connectivity index (χ2n) is 6.75. The van der Waals surface area contributed by atoms with Crippen LogP contribution in [0.2, 0.25) is 0 Å². The molecular weight excluding hydrogens is 268 g/mol. The third-order valence-electron chi connectivity index (χ3n) is 4.59. The van der Waals surface area contributed by atoms with Gasteiger partial charge < -0.3 is 4.90 Å². The molecule has 1 aliphatic heterocycles. The van der Waals surface area contributed by atoms with Crippen molar-refractivity contribution in [2.24, 2.45) is 0 Å². The Morgan fingerprint density at radius 2 is 1.36 bits per heavy atom. The van der Waals surface area contributed by atoms with Crippen molar-refractivity contribution in [2.75, 3.05) is 19.6 Å². The van der Waals surface area contributed by atoms with Gasteiger partial charge in [-0.3, -0.25) is 0 Å². The van der Waals surface area contributed by atoms with Gasteiger partial charge in [-0.25, -0.2) is 4.58 Å². The van der Waals surface area contributed by atoms with Gasteiger partial charge in [-0.15, -0.1) is 0 Å². The summed E-state index contributed by atoms with van der Waals surface area (Å²) >= 11 is 0. The van der Waals surface area contributed by atoms with Gasteiger partial charge in [-0.2, -0.15) is 0 Å². The number of unbranched alkanes of at least 4 members (excludes halogenated alkanes) is 10. The molecular formula is C20H39N2+. The SMILES string of the molecule is CCCCCCCCN1C=C[N+](CCCCCCCC)=CC1. The zero-order valence-electron chi connectivity index (χ0n) is 15.2. The molecule has 0 aromatic heterocycles. The largest absolute Gasteiger partial charge is 0.363 e. The molecule has 2 nitrogen and oxygen atoms in total. The Morgan fingerprint density at radius 3 is 1.95 bits per heavy atom. The zero-order chi connectivity index (χ0) is 15.9. The van der Waals surface area contributed by atoms with Gasteiger partial charge in [0, 0.05) is 13.0 Å². The van der Waals surface area contributed by atoms with Crippen LogP contribution in [0, 0.1) is 0 Å². The van der Waals surface area contributed by atoms with Gasteiger partial charge >= 0.3 is 0 Å². The molecule has 0 saturated heterocycles. The van der Waals surface area contributed by atoms with E-state index in [4.69, 9.17) is 0 Å². The van der Waals surface area contributed by atoms with E-state index in [0.29, 0.717) is 0 Å². The minimum absolute atomic E-state index is 1.10. The minimum atomic E-state index is 1.10. The standard InChI is InChI=1S/C20H39N2/c1-3-5-7-9-11-13-15-21-17-19-22(20-18-21)16-14-12-10-8-6-4-2/h17-19H,3-16,20H2,1-2H3/q+1. The quantitative estimate of drug-likeness (QED) is 0.300. The van der Waals surface area contributed by atoms with Gasteiger partial charge in [0.05, 0.1) is 12.7 Å². The number of rotatable bonds is 14. The van der Waals surface area contributed by atoms with E-state index in [1.807, 2.05) is 0 Å². The van der Waals surface area contributed by atoms with Gasteiger partial charge in [0.2, 0.25) is 0 Å². The predicted octanol–water partition coefficient (Wildman–Crippen LogP) is 5.58. The van der Waals surface area contributed by atoms with E-state index >= 15 is 0 Å². The fourth-order valence-corrected chi connectivity index (χ4v) is 3.01. The summed E-state index contributed by atoms with van der Waals surface area (Å²) in [6.45, 7) is 8.09. The van der Waals surface area contributed by atoms with Crippen LogP contribution in [0.1, 0.15) is 90.9 Å². The highest BCUT2D eigenvalue weighted by Gasteiger charge is 2.09. The van der Waals surface area contributed by atoms with E-state index in [9.17, 15) is 0 Å². The third-order valence-corrected chi connectivity index (χ3v) is 4.59. The Kier molecular flexibility index (Phi) is 12.1. The Hall–Kier alpha value is -0.790. The lowest BCUT2D eigenvalue weighted by atomic mass is 10.1. The molecule has 22 heavy (non-hydrogen) atoms. The third kappa shape index (κ3) is 10.0. The maximum absolute atomic E-state index is 2.46. The van der Waals surface area contributed by atoms with E-state index < -0.39 is 0 Å². The van der Waals surface area contributed by atoms with Crippen LogP contribution in [0.4, 0.5) is 0 Å². The molecule has 0 amide bonds. The Bertz CT molecular complexity index is 307. The molecule has 128 valence electrons. The van der Waals surface area contributed by atoms with Crippen LogP contribution in [-0.2, 0) is 0 Å². The van der Waals surface area contributed by atoms with Gasteiger partial charge in [0.25, 0.3) is 0 Å². The second-order valence-corrected chi connectivity index (χ2v) is 6.75. The van der Waals surface area contributed by atoms with Crippen molar-refractivity contribution in [3.05, 3.63) is 12.4 Å².